The van der Waals surface area contributed by atoms with Gasteiger partial charge in [-0.1, -0.05) is 17.7 Å². The van der Waals surface area contributed by atoms with E-state index in [2.05, 4.69) is 9.97 Å². The highest BCUT2D eigenvalue weighted by atomic mass is 35.5. The number of aryl methyl sites for hydroxylation is 1. The van der Waals surface area contributed by atoms with Crippen molar-refractivity contribution in [3.63, 3.8) is 0 Å². The second-order valence-corrected chi connectivity index (χ2v) is 10.6. The Bertz CT molecular complexity index is 1230. The number of nitrogen functional groups attached to an aromatic ring is 1. The molecule has 1 aliphatic heterocycles. The van der Waals surface area contributed by atoms with Gasteiger partial charge in [0.1, 0.15) is 17.7 Å². The fourth-order valence-corrected chi connectivity index (χ4v) is 5.15. The minimum Gasteiger partial charge on any atom is -0.444 e. The molecule has 0 fully saturated rings. The molecule has 0 spiro atoms. The van der Waals surface area contributed by atoms with E-state index >= 15 is 0 Å². The molecule has 2 N–H and O–H groups in total. The first kappa shape index (κ1) is 23.2. The number of hydrogen-bond donors (Lipinski definition) is 1. The number of thiophene rings is 1. The number of rotatable bonds is 3. The number of nitrogens with zero attached hydrogens (tertiary/aromatic N) is 3. The Kier molecular flexibility index (Phi) is 6.16. The minimum absolute atomic E-state index is 0.132. The van der Waals surface area contributed by atoms with Crippen molar-refractivity contribution in [1.82, 2.24) is 14.9 Å². The van der Waals surface area contributed by atoms with E-state index < -0.39 is 17.7 Å². The van der Waals surface area contributed by atoms with E-state index in [9.17, 15) is 9.59 Å². The molecular weight excluding hydrogens is 460 g/mol. The predicted molar refractivity (Wildman–Crippen MR) is 129 cm³/mol. The molecule has 3 aromatic rings. The summed E-state index contributed by atoms with van der Waals surface area (Å²) in [6, 6.07) is 7.14. The van der Waals surface area contributed by atoms with E-state index in [1.807, 2.05) is 52.0 Å². The van der Waals surface area contributed by atoms with E-state index in [1.165, 1.54) is 23.9 Å². The van der Waals surface area contributed by atoms with Crippen molar-refractivity contribution in [3.05, 3.63) is 73.8 Å². The third-order valence-electron chi connectivity index (χ3n) is 5.43. The number of fused-ring (bicyclic) bond motifs is 1. The van der Waals surface area contributed by atoms with Gasteiger partial charge in [-0.3, -0.25) is 9.69 Å². The second kappa shape index (κ2) is 8.76. The largest absolute Gasteiger partial charge is 0.444 e. The summed E-state index contributed by atoms with van der Waals surface area (Å²) in [4.78, 5) is 37.3. The van der Waals surface area contributed by atoms with E-state index in [1.54, 1.807) is 4.90 Å². The van der Waals surface area contributed by atoms with Gasteiger partial charge in [0.2, 0.25) is 5.78 Å². The molecule has 1 amide bonds. The molecule has 0 aliphatic carbocycles. The number of halogens is 1. The fraction of sp³-hybridized carbons (Fsp3) is 0.333. The standard InChI is InChI=1S/C24H25ClN4O3S/c1-13-16(10-19(33-13)21(30)18-11-27-12-28-22(18)26)20-17-9-15(25)6-5-14(17)7-8-29(20)23(31)32-24(2,3)4/h5-6,9-12,20H,7-8H2,1-4H3,(H2,26,27,28)/t20-/m0/s1. The summed E-state index contributed by atoms with van der Waals surface area (Å²) in [5.74, 6) is -0.119. The maximum atomic E-state index is 13.2. The summed E-state index contributed by atoms with van der Waals surface area (Å²) in [5.41, 5.74) is 8.41. The fourth-order valence-electron chi connectivity index (χ4n) is 3.96. The molecule has 7 nitrogen and oxygen atoms in total. The predicted octanol–water partition coefficient (Wildman–Crippen LogP) is 5.20. The average molecular weight is 485 g/mol. The van der Waals surface area contributed by atoms with Crippen LogP contribution in [0, 0.1) is 6.92 Å². The van der Waals surface area contributed by atoms with Crippen LogP contribution in [0.25, 0.3) is 0 Å². The van der Waals surface area contributed by atoms with Gasteiger partial charge in [0.05, 0.1) is 16.5 Å². The Labute approximate surface area is 201 Å². The van der Waals surface area contributed by atoms with Crippen molar-refractivity contribution in [2.24, 2.45) is 0 Å². The van der Waals surface area contributed by atoms with Crippen LogP contribution in [0.2, 0.25) is 5.02 Å². The number of aromatic nitrogens is 2. The van der Waals surface area contributed by atoms with Crippen LogP contribution >= 0.6 is 22.9 Å². The topological polar surface area (TPSA) is 98.4 Å². The van der Waals surface area contributed by atoms with Crippen molar-refractivity contribution in [2.75, 3.05) is 12.3 Å². The highest BCUT2D eigenvalue weighted by Gasteiger charge is 2.36. The van der Waals surface area contributed by atoms with E-state index in [0.29, 0.717) is 22.9 Å². The Morgan fingerprint density at radius 2 is 2.00 bits per heavy atom. The van der Waals surface area contributed by atoms with Gasteiger partial charge in [0.15, 0.2) is 0 Å². The van der Waals surface area contributed by atoms with E-state index in [4.69, 9.17) is 22.1 Å². The number of ketones is 1. The molecule has 4 rings (SSSR count). The molecule has 0 saturated carbocycles. The Balaban J connectivity index is 1.80. The highest BCUT2D eigenvalue weighted by Crippen LogP contribution is 2.41. The van der Waals surface area contributed by atoms with Gasteiger partial charge >= 0.3 is 6.09 Å². The lowest BCUT2D eigenvalue weighted by molar-refractivity contribution is 0.0178. The van der Waals surface area contributed by atoms with Gasteiger partial charge in [-0.15, -0.1) is 11.3 Å². The minimum atomic E-state index is -0.633. The number of ether oxygens (including phenoxy) is 1. The van der Waals surface area contributed by atoms with Gasteiger partial charge in [0, 0.05) is 22.6 Å². The summed E-state index contributed by atoms with van der Waals surface area (Å²) in [6.07, 6.45) is 3.01. The van der Waals surface area contributed by atoms with Crippen molar-refractivity contribution >= 4 is 40.6 Å². The van der Waals surface area contributed by atoms with Gasteiger partial charge in [-0.2, -0.15) is 0 Å². The van der Waals surface area contributed by atoms with Crippen LogP contribution in [-0.4, -0.2) is 38.9 Å². The number of carbonyl (C=O) groups is 2. The van der Waals surface area contributed by atoms with Crippen molar-refractivity contribution < 1.29 is 14.3 Å². The lowest BCUT2D eigenvalue weighted by Gasteiger charge is -2.38. The first-order valence-corrected chi connectivity index (χ1v) is 11.7. The van der Waals surface area contributed by atoms with E-state index in [-0.39, 0.29) is 17.2 Å². The monoisotopic (exact) mass is 484 g/mol. The Morgan fingerprint density at radius 3 is 2.70 bits per heavy atom. The zero-order valence-electron chi connectivity index (χ0n) is 18.9. The molecule has 1 atom stereocenters. The number of benzene rings is 1. The van der Waals surface area contributed by atoms with E-state index in [0.717, 1.165) is 21.6 Å². The molecule has 1 aromatic carbocycles. The van der Waals surface area contributed by atoms with Gasteiger partial charge in [-0.25, -0.2) is 14.8 Å². The van der Waals surface area contributed by atoms with Crippen LogP contribution in [0.4, 0.5) is 10.6 Å². The van der Waals surface area contributed by atoms with Gasteiger partial charge in [0.25, 0.3) is 0 Å². The Morgan fingerprint density at radius 1 is 1.24 bits per heavy atom. The number of amides is 1. The van der Waals surface area contributed by atoms with Gasteiger partial charge < -0.3 is 10.5 Å². The second-order valence-electron chi connectivity index (χ2n) is 8.94. The summed E-state index contributed by atoms with van der Waals surface area (Å²) in [6.45, 7) is 7.95. The zero-order chi connectivity index (χ0) is 23.9. The van der Waals surface area contributed by atoms with Crippen molar-refractivity contribution in [1.29, 1.82) is 0 Å². The average Bonchev–Trinajstić information content (AvgIpc) is 3.12. The molecular formula is C24H25ClN4O3S. The molecule has 33 heavy (non-hydrogen) atoms. The maximum Gasteiger partial charge on any atom is 0.411 e. The van der Waals surface area contributed by atoms with Crippen molar-refractivity contribution in [3.8, 4) is 0 Å². The lowest BCUT2D eigenvalue weighted by Crippen LogP contribution is -2.43. The third-order valence-corrected chi connectivity index (χ3v) is 6.73. The highest BCUT2D eigenvalue weighted by molar-refractivity contribution is 7.14. The normalized spacial score (nSPS) is 15.8. The summed E-state index contributed by atoms with van der Waals surface area (Å²) < 4.78 is 5.71. The summed E-state index contributed by atoms with van der Waals surface area (Å²) in [7, 11) is 0. The number of nitrogens with two attached hydrogens (primary N) is 1. The first-order valence-electron chi connectivity index (χ1n) is 10.5. The molecule has 0 radical (unpaired) electrons. The molecule has 172 valence electrons. The molecule has 3 heterocycles. The molecule has 0 unspecified atom stereocenters. The summed E-state index contributed by atoms with van der Waals surface area (Å²) in [5, 5.41) is 0.586. The quantitative estimate of drug-likeness (QED) is 0.513. The van der Waals surface area contributed by atoms with Crippen LogP contribution in [0.3, 0.4) is 0 Å². The molecule has 9 heteroatoms. The van der Waals surface area contributed by atoms with Crippen molar-refractivity contribution in [2.45, 2.75) is 45.8 Å². The molecule has 2 aromatic heterocycles. The van der Waals surface area contributed by atoms with Crippen LogP contribution in [0.1, 0.15) is 63.6 Å². The third kappa shape index (κ3) is 4.72. The SMILES string of the molecule is Cc1sc(C(=O)c2cncnc2N)cc1[C@H]1c2cc(Cl)ccc2CCN1C(=O)OC(C)(C)C. The van der Waals surface area contributed by atoms with Crippen LogP contribution in [0.15, 0.2) is 36.8 Å². The van der Waals surface area contributed by atoms with Crippen LogP contribution in [0.5, 0.6) is 0 Å². The maximum absolute atomic E-state index is 13.2. The number of hydrogen-bond acceptors (Lipinski definition) is 7. The van der Waals surface area contributed by atoms with Gasteiger partial charge in [-0.05, 0) is 69.0 Å². The molecule has 0 bridgehead atoms. The number of anilines is 1. The number of carbonyl (C=O) groups excluding carboxylic acids is 2. The smallest absolute Gasteiger partial charge is 0.411 e. The summed E-state index contributed by atoms with van der Waals surface area (Å²) >= 11 is 7.70. The van der Waals surface area contributed by atoms with Crippen LogP contribution in [-0.2, 0) is 11.2 Å². The zero-order valence-corrected chi connectivity index (χ0v) is 20.5. The Hall–Kier alpha value is -2.97. The first-order chi connectivity index (χ1) is 15.5. The van der Waals surface area contributed by atoms with Crippen LogP contribution < -0.4 is 5.73 Å². The molecule has 0 saturated heterocycles. The lowest BCUT2D eigenvalue weighted by atomic mass is 9.88. The molecule has 1 aliphatic rings.